The molecule has 154 valence electrons. The number of carbonyl (C=O) groups is 1. The lowest BCUT2D eigenvalue weighted by Crippen LogP contribution is -2.40. The van der Waals surface area contributed by atoms with Crippen LogP contribution in [0.4, 0.5) is 4.39 Å². The first-order chi connectivity index (χ1) is 15.1. The summed E-state index contributed by atoms with van der Waals surface area (Å²) < 4.78 is 16.8. The summed E-state index contributed by atoms with van der Waals surface area (Å²) in [6.07, 6.45) is 5.79. The molecule has 1 amide bonds. The summed E-state index contributed by atoms with van der Waals surface area (Å²) in [6, 6.07) is 8.29. The SMILES string of the molecule is Cc1ccc2c(C(=O)N3CCc4[nH]cnc4[C@H]3c3nc4c(F)cccc4s3)cnn2c1. The summed E-state index contributed by atoms with van der Waals surface area (Å²) in [6.45, 7) is 2.48. The Labute approximate surface area is 180 Å². The normalized spacial score (nSPS) is 16.2. The standard InChI is InChI=1S/C22H17FN6OS/c1-12-5-6-16-13(9-26-29(16)10-12)22(30)28-8-7-15-19(25-11-24-15)20(28)21-27-18-14(23)3-2-4-17(18)31-21/h2-6,9-11,20H,7-8H2,1H3,(H,24,25)/t20-/m0/s1. The first-order valence-electron chi connectivity index (χ1n) is 9.92. The predicted octanol–water partition coefficient (Wildman–Crippen LogP) is 3.90. The number of fused-ring (bicyclic) bond motifs is 3. The molecule has 0 saturated heterocycles. The minimum absolute atomic E-state index is 0.141. The van der Waals surface area contributed by atoms with Gasteiger partial charge in [-0.25, -0.2) is 18.9 Å². The van der Waals surface area contributed by atoms with E-state index in [0.29, 0.717) is 29.1 Å². The van der Waals surface area contributed by atoms with Gasteiger partial charge in [-0.15, -0.1) is 11.3 Å². The summed E-state index contributed by atoms with van der Waals surface area (Å²) in [5, 5.41) is 5.01. The zero-order valence-electron chi connectivity index (χ0n) is 16.5. The van der Waals surface area contributed by atoms with Crippen LogP contribution >= 0.6 is 11.3 Å². The van der Waals surface area contributed by atoms with Crippen molar-refractivity contribution in [3.05, 3.63) is 82.4 Å². The van der Waals surface area contributed by atoms with Crippen molar-refractivity contribution in [2.45, 2.75) is 19.4 Å². The second kappa shape index (κ2) is 6.71. The van der Waals surface area contributed by atoms with Crippen molar-refractivity contribution < 1.29 is 9.18 Å². The number of halogens is 1. The number of para-hydroxylation sites is 1. The Hall–Kier alpha value is -3.59. The monoisotopic (exact) mass is 432 g/mol. The Balaban J connectivity index is 1.49. The third kappa shape index (κ3) is 2.77. The number of rotatable bonds is 2. The minimum atomic E-state index is -0.486. The number of hydrogen-bond donors (Lipinski definition) is 1. The number of thiazole rings is 1. The molecule has 7 nitrogen and oxygen atoms in total. The van der Waals surface area contributed by atoms with Crippen LogP contribution in [0.2, 0.25) is 0 Å². The van der Waals surface area contributed by atoms with Gasteiger partial charge in [0.15, 0.2) is 0 Å². The summed E-state index contributed by atoms with van der Waals surface area (Å²) in [5.74, 6) is -0.508. The fraction of sp³-hybridized carbons (Fsp3) is 0.182. The highest BCUT2D eigenvalue weighted by Gasteiger charge is 2.37. The Bertz CT molecular complexity index is 1470. The lowest BCUT2D eigenvalue weighted by Gasteiger charge is -2.33. The molecule has 1 N–H and O–H groups in total. The molecular weight excluding hydrogens is 415 g/mol. The number of benzene rings is 1. The van der Waals surface area contributed by atoms with Gasteiger partial charge in [-0.1, -0.05) is 12.1 Å². The largest absolute Gasteiger partial charge is 0.348 e. The van der Waals surface area contributed by atoms with E-state index in [9.17, 15) is 9.18 Å². The lowest BCUT2D eigenvalue weighted by atomic mass is 10.0. The fourth-order valence-electron chi connectivity index (χ4n) is 4.20. The summed E-state index contributed by atoms with van der Waals surface area (Å²) in [7, 11) is 0. The van der Waals surface area contributed by atoms with E-state index >= 15 is 0 Å². The van der Waals surface area contributed by atoms with E-state index in [-0.39, 0.29) is 11.7 Å². The summed E-state index contributed by atoms with van der Waals surface area (Å²) in [4.78, 5) is 27.7. The zero-order valence-corrected chi connectivity index (χ0v) is 17.4. The van der Waals surface area contributed by atoms with Crippen molar-refractivity contribution in [3.63, 3.8) is 0 Å². The predicted molar refractivity (Wildman–Crippen MR) is 115 cm³/mol. The van der Waals surface area contributed by atoms with Crippen LogP contribution in [-0.2, 0) is 6.42 Å². The fourth-order valence-corrected chi connectivity index (χ4v) is 5.30. The van der Waals surface area contributed by atoms with Crippen LogP contribution in [-0.4, -0.2) is 41.9 Å². The molecule has 31 heavy (non-hydrogen) atoms. The van der Waals surface area contributed by atoms with Gasteiger partial charge in [0.25, 0.3) is 5.91 Å². The van der Waals surface area contributed by atoms with Gasteiger partial charge in [0.05, 0.1) is 34.0 Å². The molecule has 0 aliphatic carbocycles. The summed E-state index contributed by atoms with van der Waals surface area (Å²) in [5.41, 5.74) is 4.39. The van der Waals surface area contributed by atoms with E-state index in [2.05, 4.69) is 20.1 Å². The number of carbonyl (C=O) groups excluding carboxylic acids is 1. The molecule has 0 saturated carbocycles. The van der Waals surface area contributed by atoms with E-state index < -0.39 is 6.04 Å². The highest BCUT2D eigenvalue weighted by molar-refractivity contribution is 7.18. The first-order valence-corrected chi connectivity index (χ1v) is 10.7. The van der Waals surface area contributed by atoms with E-state index in [1.807, 2.05) is 31.3 Å². The van der Waals surface area contributed by atoms with E-state index in [0.717, 1.165) is 27.2 Å². The lowest BCUT2D eigenvalue weighted by molar-refractivity contribution is 0.0692. The molecule has 6 rings (SSSR count). The number of aromatic amines is 1. The molecule has 0 fully saturated rings. The average Bonchev–Trinajstić information content (AvgIpc) is 3.50. The second-order valence-electron chi connectivity index (χ2n) is 7.65. The highest BCUT2D eigenvalue weighted by atomic mass is 32.1. The maximum Gasteiger partial charge on any atom is 0.258 e. The van der Waals surface area contributed by atoms with Crippen LogP contribution in [0.3, 0.4) is 0 Å². The number of nitrogens with one attached hydrogen (secondary N) is 1. The quantitative estimate of drug-likeness (QED) is 0.459. The van der Waals surface area contributed by atoms with Gasteiger partial charge in [0, 0.05) is 24.9 Å². The number of aryl methyl sites for hydroxylation is 1. The van der Waals surface area contributed by atoms with Crippen LogP contribution < -0.4 is 0 Å². The molecule has 1 aromatic carbocycles. The maximum absolute atomic E-state index is 14.3. The molecular formula is C22H17FN6OS. The molecule has 9 heteroatoms. The molecule has 5 heterocycles. The van der Waals surface area contributed by atoms with Crippen molar-refractivity contribution in [1.82, 2.24) is 29.5 Å². The van der Waals surface area contributed by atoms with E-state index in [1.165, 1.54) is 17.4 Å². The maximum atomic E-state index is 14.3. The van der Waals surface area contributed by atoms with Crippen molar-refractivity contribution in [1.29, 1.82) is 0 Å². The minimum Gasteiger partial charge on any atom is -0.348 e. The number of pyridine rings is 1. The average molecular weight is 432 g/mol. The van der Waals surface area contributed by atoms with Crippen molar-refractivity contribution in [3.8, 4) is 0 Å². The van der Waals surface area contributed by atoms with Gasteiger partial charge >= 0.3 is 0 Å². The van der Waals surface area contributed by atoms with E-state index in [4.69, 9.17) is 0 Å². The van der Waals surface area contributed by atoms with Gasteiger partial charge in [-0.2, -0.15) is 5.10 Å². The number of imidazole rings is 1. The third-order valence-corrected chi connectivity index (χ3v) is 6.77. The number of hydrogen-bond acceptors (Lipinski definition) is 5. The smallest absolute Gasteiger partial charge is 0.258 e. The third-order valence-electron chi connectivity index (χ3n) is 5.70. The molecule has 0 unspecified atom stereocenters. The van der Waals surface area contributed by atoms with Crippen LogP contribution in [0.15, 0.2) is 49.1 Å². The van der Waals surface area contributed by atoms with Gasteiger partial charge < -0.3 is 9.88 Å². The Morgan fingerprint density at radius 2 is 2.19 bits per heavy atom. The zero-order chi connectivity index (χ0) is 21.1. The Kier molecular flexibility index (Phi) is 3.94. The number of aromatic nitrogens is 5. The molecule has 1 atom stereocenters. The van der Waals surface area contributed by atoms with Crippen LogP contribution in [0, 0.1) is 12.7 Å². The molecule has 1 aliphatic rings. The number of nitrogens with zero attached hydrogens (tertiary/aromatic N) is 5. The van der Waals surface area contributed by atoms with Crippen LogP contribution in [0.1, 0.15) is 38.4 Å². The molecule has 0 radical (unpaired) electrons. The van der Waals surface area contributed by atoms with Gasteiger partial charge in [-0.05, 0) is 30.7 Å². The molecule has 0 bridgehead atoms. The van der Waals surface area contributed by atoms with Crippen LogP contribution in [0.25, 0.3) is 15.7 Å². The first kappa shape index (κ1) is 18.2. The van der Waals surface area contributed by atoms with Gasteiger partial charge in [0.1, 0.15) is 22.4 Å². The Morgan fingerprint density at radius 3 is 3.06 bits per heavy atom. The topological polar surface area (TPSA) is 79.2 Å². The van der Waals surface area contributed by atoms with Crippen LogP contribution in [0.5, 0.6) is 0 Å². The second-order valence-corrected chi connectivity index (χ2v) is 8.71. The van der Waals surface area contributed by atoms with E-state index in [1.54, 1.807) is 28.0 Å². The highest BCUT2D eigenvalue weighted by Crippen LogP contribution is 2.38. The molecule has 0 spiro atoms. The number of amides is 1. The molecule has 5 aromatic rings. The molecule has 4 aromatic heterocycles. The van der Waals surface area contributed by atoms with Crippen molar-refractivity contribution in [2.24, 2.45) is 0 Å². The van der Waals surface area contributed by atoms with Crippen molar-refractivity contribution >= 4 is 33.0 Å². The Morgan fingerprint density at radius 1 is 1.29 bits per heavy atom. The van der Waals surface area contributed by atoms with Gasteiger partial charge in [0.2, 0.25) is 0 Å². The summed E-state index contributed by atoms with van der Waals surface area (Å²) >= 11 is 1.39. The van der Waals surface area contributed by atoms with Gasteiger partial charge in [-0.3, -0.25) is 4.79 Å². The number of H-pyrrole nitrogens is 1. The van der Waals surface area contributed by atoms with Crippen molar-refractivity contribution in [2.75, 3.05) is 6.54 Å². The molecule has 1 aliphatic heterocycles.